The molecule has 12 saturated carbocycles. The highest BCUT2D eigenvalue weighted by Gasteiger charge is 2.56. The van der Waals surface area contributed by atoms with Crippen molar-refractivity contribution in [3.63, 3.8) is 0 Å². The van der Waals surface area contributed by atoms with Crippen LogP contribution in [0.5, 0.6) is 0 Å². The van der Waals surface area contributed by atoms with Crippen LogP contribution in [0.15, 0.2) is 0 Å². The summed E-state index contributed by atoms with van der Waals surface area (Å²) in [6.45, 7) is 44.6. The van der Waals surface area contributed by atoms with Gasteiger partial charge in [0.2, 0.25) is 0 Å². The Hall–Kier alpha value is 0. The minimum absolute atomic E-state index is 0.724. The summed E-state index contributed by atoms with van der Waals surface area (Å²) >= 11 is 0. The zero-order valence-electron chi connectivity index (χ0n) is 65.8. The molecule has 12 aliphatic carbocycles. The molecule has 0 bridgehead atoms. The maximum absolute atomic E-state index is 2.67. The highest BCUT2D eigenvalue weighted by atomic mass is 14.6. The van der Waals surface area contributed by atoms with E-state index < -0.39 is 0 Å². The van der Waals surface area contributed by atoms with Crippen molar-refractivity contribution in [2.45, 2.75) is 407 Å². The van der Waals surface area contributed by atoms with E-state index in [4.69, 9.17) is 0 Å². The van der Waals surface area contributed by atoms with Crippen LogP contribution in [-0.4, -0.2) is 0 Å². The minimum Gasteiger partial charge on any atom is -0.0656 e. The maximum atomic E-state index is 2.67. The van der Waals surface area contributed by atoms with Gasteiger partial charge in [-0.2, -0.15) is 0 Å². The monoisotopic (exact) mass is 1260 g/mol. The van der Waals surface area contributed by atoms with Gasteiger partial charge in [-0.3, -0.25) is 0 Å². The standard InChI is InChI=1S/C28H50.2C27H48.3C3H8/c1-20-19-28(16-12-8-5-9-13-17-28)27(21(20)2)18-26-23(4)22(3)24-14-10-6-7-11-15-25(24)26;1-18-19(2)27(25-16-12-8-7-9-13-22(18)25)17-26-20(3)23-14-10-5-6-11-15-24(23)21(26)4;1-18-22-13-9-5-6-10-14-23(22)19(2)26(18)17-27-20(3)24-15-11-7-8-12-16-25(24)21(27)4;3*1-3-2/h20-27H,5-19H2,1-4H3;2*18-27H,5-17H2,1-4H3;3*3H2,1-2H3. The molecule has 0 aromatic carbocycles. The van der Waals surface area contributed by atoms with Crippen LogP contribution in [0.2, 0.25) is 0 Å². The summed E-state index contributed by atoms with van der Waals surface area (Å²) in [5, 5.41) is 0. The van der Waals surface area contributed by atoms with Gasteiger partial charge in [0.25, 0.3) is 0 Å². The van der Waals surface area contributed by atoms with Crippen LogP contribution < -0.4 is 0 Å². The van der Waals surface area contributed by atoms with Gasteiger partial charge in [-0.1, -0.05) is 304 Å². The maximum Gasteiger partial charge on any atom is -0.0264 e. The normalized spacial score (nSPS) is 45.7. The van der Waals surface area contributed by atoms with Crippen molar-refractivity contribution in [1.29, 1.82) is 0 Å². The molecule has 0 aromatic rings. The second-order valence-corrected chi connectivity index (χ2v) is 37.6. The number of hydrogen-bond donors (Lipinski definition) is 0. The zero-order chi connectivity index (χ0) is 65.8. The highest BCUT2D eigenvalue weighted by Crippen LogP contribution is 2.64. The van der Waals surface area contributed by atoms with Crippen LogP contribution in [0.3, 0.4) is 0 Å². The molecule has 0 aliphatic heterocycles. The van der Waals surface area contributed by atoms with E-state index in [0.29, 0.717) is 0 Å². The van der Waals surface area contributed by atoms with Crippen LogP contribution in [-0.2, 0) is 0 Å². The van der Waals surface area contributed by atoms with Crippen molar-refractivity contribution in [2.75, 3.05) is 0 Å². The highest BCUT2D eigenvalue weighted by molar-refractivity contribution is 5.05. The van der Waals surface area contributed by atoms with Crippen LogP contribution in [0.25, 0.3) is 0 Å². The summed E-state index contributed by atoms with van der Waals surface area (Å²) in [5.74, 6) is 28.7. The van der Waals surface area contributed by atoms with E-state index >= 15 is 0 Å². The summed E-state index contributed by atoms with van der Waals surface area (Å²) in [5.41, 5.74) is 0.724. The third kappa shape index (κ3) is 19.7. The van der Waals surface area contributed by atoms with Crippen LogP contribution >= 0.6 is 0 Å². The Morgan fingerprint density at radius 3 is 0.692 bits per heavy atom. The Bertz CT molecular complexity index is 1770. The molecule has 534 valence electrons. The Kier molecular flexibility index (Phi) is 34.2. The zero-order valence-corrected chi connectivity index (χ0v) is 65.8. The number of hydrogen-bond acceptors (Lipinski definition) is 0. The topological polar surface area (TPSA) is 0 Å². The van der Waals surface area contributed by atoms with E-state index in [0.717, 1.165) is 171 Å². The first kappa shape index (κ1) is 78.3. The average molecular weight is 1260 g/mol. The van der Waals surface area contributed by atoms with Crippen molar-refractivity contribution in [2.24, 2.45) is 171 Å². The van der Waals surface area contributed by atoms with Gasteiger partial charge in [0.05, 0.1) is 0 Å². The molecule has 0 radical (unpaired) electrons. The predicted octanol–water partition coefficient (Wildman–Crippen LogP) is 29.8. The SMILES string of the molecule is CC1C(CC2C(C)C(C)C3CCCCCCC32)C(C)C2CCCCCCC12.CC1C(CC2C(C)C3CCCCCCC3C2C)C(C)C2CCCCCCC12.CC1CC2(CCCCCCC2)C(CC2C(C)C(C)C3CCCCCCC32)C1C.CCC.CCC.CCC. The third-order valence-corrected chi connectivity index (χ3v) is 32.4. The molecular formula is C91H170. The lowest BCUT2D eigenvalue weighted by atomic mass is 9.63. The molecule has 0 nitrogen and oxygen atoms in total. The largest absolute Gasteiger partial charge is 0.0656 e. The lowest BCUT2D eigenvalue weighted by Crippen LogP contribution is -2.33. The van der Waals surface area contributed by atoms with Gasteiger partial charge in [0.15, 0.2) is 0 Å². The van der Waals surface area contributed by atoms with E-state index in [9.17, 15) is 0 Å². The molecule has 25 atom stereocenters. The van der Waals surface area contributed by atoms with Crippen molar-refractivity contribution < 1.29 is 0 Å². The summed E-state index contributed by atoms with van der Waals surface area (Å²) in [6.07, 6.45) is 66.6. The molecule has 0 amide bonds. The van der Waals surface area contributed by atoms with E-state index in [2.05, 4.69) is 125 Å². The van der Waals surface area contributed by atoms with E-state index in [1.54, 1.807) is 103 Å². The molecule has 12 rings (SSSR count). The molecule has 25 unspecified atom stereocenters. The quantitative estimate of drug-likeness (QED) is 0.249. The van der Waals surface area contributed by atoms with Crippen molar-refractivity contribution in [3.8, 4) is 0 Å². The molecule has 0 N–H and O–H groups in total. The fourth-order valence-electron chi connectivity index (χ4n) is 27.2. The molecule has 12 fully saturated rings. The summed E-state index contributed by atoms with van der Waals surface area (Å²) in [7, 11) is 0. The lowest BCUT2D eigenvalue weighted by Gasteiger charge is -2.42. The van der Waals surface area contributed by atoms with Gasteiger partial charge in [-0.15, -0.1) is 0 Å². The van der Waals surface area contributed by atoms with Crippen molar-refractivity contribution in [1.82, 2.24) is 0 Å². The Labute approximate surface area is 575 Å². The molecule has 0 heterocycles. The molecule has 0 saturated heterocycles. The van der Waals surface area contributed by atoms with E-state index in [1.807, 2.05) is 0 Å². The second kappa shape index (κ2) is 39.7. The molecule has 91 heavy (non-hydrogen) atoms. The smallest absolute Gasteiger partial charge is 0.0264 e. The fraction of sp³-hybridized carbons (Fsp3) is 1.00. The minimum atomic E-state index is 0.724. The first-order chi connectivity index (χ1) is 44.0. The molecule has 12 aliphatic rings. The van der Waals surface area contributed by atoms with Gasteiger partial charge in [-0.05, 0) is 274 Å². The average Bonchev–Trinajstić information content (AvgIpc) is 1.64. The Balaban J connectivity index is 0.000000182. The third-order valence-electron chi connectivity index (χ3n) is 32.4. The second-order valence-electron chi connectivity index (χ2n) is 37.6. The van der Waals surface area contributed by atoms with Gasteiger partial charge in [0, 0.05) is 0 Å². The van der Waals surface area contributed by atoms with Gasteiger partial charge < -0.3 is 0 Å². The molecular weight excluding hydrogens is 1090 g/mol. The van der Waals surface area contributed by atoms with Crippen molar-refractivity contribution in [3.05, 3.63) is 0 Å². The number of rotatable bonds is 6. The fourth-order valence-corrected chi connectivity index (χ4v) is 27.2. The summed E-state index contributed by atoms with van der Waals surface area (Å²) in [6, 6.07) is 0. The van der Waals surface area contributed by atoms with Crippen LogP contribution in [0.4, 0.5) is 0 Å². The summed E-state index contributed by atoms with van der Waals surface area (Å²) in [4.78, 5) is 0. The van der Waals surface area contributed by atoms with E-state index in [1.165, 1.54) is 180 Å². The molecule has 0 heteroatoms. The lowest BCUT2D eigenvalue weighted by molar-refractivity contribution is 0.0811. The van der Waals surface area contributed by atoms with Gasteiger partial charge in [0.1, 0.15) is 0 Å². The summed E-state index contributed by atoms with van der Waals surface area (Å²) < 4.78 is 0. The van der Waals surface area contributed by atoms with Gasteiger partial charge >= 0.3 is 0 Å². The van der Waals surface area contributed by atoms with Crippen LogP contribution in [0, 0.1) is 171 Å². The van der Waals surface area contributed by atoms with E-state index in [-0.39, 0.29) is 0 Å². The molecule has 0 aromatic heterocycles. The molecule has 1 spiro atoms. The number of fused-ring (bicyclic) bond motifs is 5. The first-order valence-electron chi connectivity index (χ1n) is 44.0. The van der Waals surface area contributed by atoms with Gasteiger partial charge in [-0.25, -0.2) is 0 Å². The predicted molar refractivity (Wildman–Crippen MR) is 405 cm³/mol. The first-order valence-corrected chi connectivity index (χ1v) is 44.0. The Morgan fingerprint density at radius 1 is 0.209 bits per heavy atom. The van der Waals surface area contributed by atoms with Crippen LogP contribution in [0.1, 0.15) is 407 Å². The van der Waals surface area contributed by atoms with Crippen molar-refractivity contribution >= 4 is 0 Å². The Morgan fingerprint density at radius 2 is 0.418 bits per heavy atom.